The molecule has 0 saturated heterocycles. The molecule has 0 fully saturated rings. The standard InChI is InChI=1S/C30H31N7O3.ClH/c1-5-24-27(39-4)28(26-25(32-24)13-10-18-31-26)40-19-20-14-16-21(17-15-20)22-11-8-9-12-23(22)29-33-34-35-37(29)30(38)36(6-2)7-3;/h8-18H,5-7,19H2,1-4H3;1H. The molecule has 3 heterocycles. The highest BCUT2D eigenvalue weighted by atomic mass is 35.5. The maximum atomic E-state index is 13.0. The second-order valence-electron chi connectivity index (χ2n) is 9.05. The molecule has 0 N–H and O–H groups in total. The molecule has 0 unspecified atom stereocenters. The van der Waals surface area contributed by atoms with Crippen molar-refractivity contribution in [3.8, 4) is 34.0 Å². The number of tetrazole rings is 1. The van der Waals surface area contributed by atoms with E-state index in [-0.39, 0.29) is 18.4 Å². The van der Waals surface area contributed by atoms with Crippen LogP contribution in [0, 0.1) is 0 Å². The summed E-state index contributed by atoms with van der Waals surface area (Å²) in [6.07, 6.45) is 2.43. The van der Waals surface area contributed by atoms with Crippen LogP contribution in [0.1, 0.15) is 32.0 Å². The third kappa shape index (κ3) is 5.83. The van der Waals surface area contributed by atoms with E-state index in [9.17, 15) is 4.79 Å². The first-order chi connectivity index (χ1) is 19.6. The van der Waals surface area contributed by atoms with Gasteiger partial charge in [-0.05, 0) is 59.5 Å². The predicted molar refractivity (Wildman–Crippen MR) is 159 cm³/mol. The first-order valence-corrected chi connectivity index (χ1v) is 13.3. The number of fused-ring (bicyclic) bond motifs is 1. The minimum absolute atomic E-state index is 0. The van der Waals surface area contributed by atoms with Gasteiger partial charge in [-0.2, -0.15) is 0 Å². The van der Waals surface area contributed by atoms with Gasteiger partial charge in [-0.1, -0.05) is 55.5 Å². The Hall–Kier alpha value is -4.57. The number of hydrogen-bond donors (Lipinski definition) is 0. The molecule has 2 aromatic carbocycles. The minimum atomic E-state index is -0.257. The van der Waals surface area contributed by atoms with Gasteiger partial charge in [0.2, 0.25) is 0 Å². The van der Waals surface area contributed by atoms with Crippen LogP contribution >= 0.6 is 12.4 Å². The van der Waals surface area contributed by atoms with E-state index in [0.29, 0.717) is 49.0 Å². The monoisotopic (exact) mass is 573 g/mol. The molecule has 0 aliphatic carbocycles. The molecule has 10 nitrogen and oxygen atoms in total. The Morgan fingerprint density at radius 1 is 0.927 bits per heavy atom. The second-order valence-corrected chi connectivity index (χ2v) is 9.05. The van der Waals surface area contributed by atoms with Crippen LogP contribution in [-0.2, 0) is 13.0 Å². The SMILES string of the molecule is CCc1nc2cccnc2c(OCc2ccc(-c3ccccc3-c3nnnn3C(=O)N(CC)CC)cc2)c1OC.Cl. The van der Waals surface area contributed by atoms with Crippen LogP contribution in [0.15, 0.2) is 66.9 Å². The number of amides is 1. The lowest BCUT2D eigenvalue weighted by Crippen LogP contribution is -2.35. The van der Waals surface area contributed by atoms with E-state index >= 15 is 0 Å². The number of benzene rings is 2. The maximum Gasteiger partial charge on any atom is 0.348 e. The molecule has 3 aromatic heterocycles. The summed E-state index contributed by atoms with van der Waals surface area (Å²) in [5.41, 5.74) is 5.88. The van der Waals surface area contributed by atoms with Crippen molar-refractivity contribution in [3.63, 3.8) is 0 Å². The van der Waals surface area contributed by atoms with Crippen molar-refractivity contribution in [2.24, 2.45) is 0 Å². The molecule has 11 heteroatoms. The van der Waals surface area contributed by atoms with E-state index in [1.165, 1.54) is 4.68 Å². The molecule has 0 bridgehead atoms. The van der Waals surface area contributed by atoms with E-state index in [0.717, 1.165) is 33.5 Å². The lowest BCUT2D eigenvalue weighted by molar-refractivity contribution is 0.201. The molecule has 0 aliphatic rings. The fourth-order valence-electron chi connectivity index (χ4n) is 4.66. The highest BCUT2D eigenvalue weighted by molar-refractivity contribution is 5.86. The van der Waals surface area contributed by atoms with Crippen molar-refractivity contribution in [3.05, 3.63) is 78.1 Å². The normalized spacial score (nSPS) is 10.7. The third-order valence-electron chi connectivity index (χ3n) is 6.76. The van der Waals surface area contributed by atoms with Gasteiger partial charge < -0.3 is 14.4 Å². The third-order valence-corrected chi connectivity index (χ3v) is 6.76. The lowest BCUT2D eigenvalue weighted by atomic mass is 9.98. The fourth-order valence-corrected chi connectivity index (χ4v) is 4.66. The Bertz CT molecular complexity index is 1640. The van der Waals surface area contributed by atoms with Gasteiger partial charge in [0.1, 0.15) is 12.1 Å². The van der Waals surface area contributed by atoms with Gasteiger partial charge >= 0.3 is 6.03 Å². The Morgan fingerprint density at radius 2 is 1.66 bits per heavy atom. The van der Waals surface area contributed by atoms with Crippen LogP contribution < -0.4 is 9.47 Å². The van der Waals surface area contributed by atoms with Gasteiger partial charge in [0.25, 0.3) is 0 Å². The molecule has 0 atom stereocenters. The Kier molecular flexibility index (Phi) is 9.46. The highest BCUT2D eigenvalue weighted by Gasteiger charge is 2.22. The largest absolute Gasteiger partial charge is 0.491 e. The molecule has 41 heavy (non-hydrogen) atoms. The number of methoxy groups -OCH3 is 1. The van der Waals surface area contributed by atoms with Crippen LogP contribution in [-0.4, -0.2) is 61.3 Å². The zero-order valence-corrected chi connectivity index (χ0v) is 24.3. The summed E-state index contributed by atoms with van der Waals surface area (Å²) in [4.78, 5) is 23.9. The van der Waals surface area contributed by atoms with Crippen molar-refractivity contribution in [1.82, 2.24) is 35.1 Å². The van der Waals surface area contributed by atoms with E-state index in [1.807, 2.05) is 81.4 Å². The van der Waals surface area contributed by atoms with Gasteiger partial charge in [-0.15, -0.1) is 22.2 Å². The number of aromatic nitrogens is 6. The maximum absolute atomic E-state index is 13.0. The molecule has 0 aliphatic heterocycles. The van der Waals surface area contributed by atoms with E-state index in [1.54, 1.807) is 18.2 Å². The lowest BCUT2D eigenvalue weighted by Gasteiger charge is -2.18. The number of nitrogens with zero attached hydrogens (tertiary/aromatic N) is 7. The molecule has 5 aromatic rings. The van der Waals surface area contributed by atoms with E-state index < -0.39 is 0 Å². The molecule has 212 valence electrons. The van der Waals surface area contributed by atoms with Gasteiger partial charge in [0.15, 0.2) is 17.3 Å². The quantitative estimate of drug-likeness (QED) is 0.203. The highest BCUT2D eigenvalue weighted by Crippen LogP contribution is 2.37. The molecular formula is C30H32ClN7O3. The Balaban J connectivity index is 0.00000387. The van der Waals surface area contributed by atoms with Gasteiger partial charge in [-0.25, -0.2) is 9.78 Å². The fraction of sp³-hybridized carbons (Fsp3) is 0.267. The summed E-state index contributed by atoms with van der Waals surface area (Å²) >= 11 is 0. The molecule has 0 spiro atoms. The molecular weight excluding hydrogens is 542 g/mol. The van der Waals surface area contributed by atoms with Gasteiger partial charge in [0.05, 0.1) is 18.3 Å². The van der Waals surface area contributed by atoms with Crippen molar-refractivity contribution < 1.29 is 14.3 Å². The smallest absolute Gasteiger partial charge is 0.348 e. The van der Waals surface area contributed by atoms with Crippen LogP contribution in [0.3, 0.4) is 0 Å². The number of pyridine rings is 2. The summed E-state index contributed by atoms with van der Waals surface area (Å²) in [6.45, 7) is 7.35. The number of aryl methyl sites for hydroxylation is 1. The Morgan fingerprint density at radius 3 is 2.34 bits per heavy atom. The number of carbonyl (C=O) groups excluding carboxylic acids is 1. The zero-order chi connectivity index (χ0) is 28.1. The topological polar surface area (TPSA) is 108 Å². The first kappa shape index (κ1) is 29.4. The first-order valence-electron chi connectivity index (χ1n) is 13.3. The summed E-state index contributed by atoms with van der Waals surface area (Å²) in [6, 6.07) is 19.4. The summed E-state index contributed by atoms with van der Waals surface area (Å²) < 4.78 is 13.2. The van der Waals surface area contributed by atoms with Crippen molar-refractivity contribution in [1.29, 1.82) is 0 Å². The molecule has 0 saturated carbocycles. The zero-order valence-electron chi connectivity index (χ0n) is 23.4. The van der Waals surface area contributed by atoms with Crippen LogP contribution in [0.4, 0.5) is 4.79 Å². The van der Waals surface area contributed by atoms with Gasteiger partial charge in [0, 0.05) is 24.8 Å². The predicted octanol–water partition coefficient (Wildman–Crippen LogP) is 5.83. The summed E-state index contributed by atoms with van der Waals surface area (Å²) in [5, 5.41) is 12.0. The van der Waals surface area contributed by atoms with Crippen molar-refractivity contribution in [2.45, 2.75) is 33.8 Å². The van der Waals surface area contributed by atoms with Crippen LogP contribution in [0.25, 0.3) is 33.5 Å². The number of hydrogen-bond acceptors (Lipinski definition) is 8. The molecule has 1 amide bonds. The average Bonchev–Trinajstić information content (AvgIpc) is 3.50. The number of halogens is 1. The molecule has 5 rings (SSSR count). The van der Waals surface area contributed by atoms with Gasteiger partial charge in [-0.3, -0.25) is 4.98 Å². The van der Waals surface area contributed by atoms with Crippen LogP contribution in [0.2, 0.25) is 0 Å². The van der Waals surface area contributed by atoms with Crippen molar-refractivity contribution in [2.75, 3.05) is 20.2 Å². The minimum Gasteiger partial charge on any atom is -0.491 e. The van der Waals surface area contributed by atoms with E-state index in [2.05, 4.69) is 25.5 Å². The second kappa shape index (κ2) is 13.2. The average molecular weight is 574 g/mol. The number of ether oxygens (including phenoxy) is 2. The van der Waals surface area contributed by atoms with Crippen molar-refractivity contribution >= 4 is 29.5 Å². The van der Waals surface area contributed by atoms with Crippen LogP contribution in [0.5, 0.6) is 11.5 Å². The molecule has 0 radical (unpaired) electrons. The number of carbonyl (C=O) groups is 1. The Labute approximate surface area is 244 Å². The van der Waals surface area contributed by atoms with E-state index in [4.69, 9.17) is 9.47 Å². The summed E-state index contributed by atoms with van der Waals surface area (Å²) in [5.74, 6) is 1.59. The number of rotatable bonds is 9. The summed E-state index contributed by atoms with van der Waals surface area (Å²) in [7, 11) is 1.62.